The molecule has 0 radical (unpaired) electrons. The van der Waals surface area contributed by atoms with E-state index in [9.17, 15) is 32.3 Å². The number of hydrogen-bond donors (Lipinski definition) is 4. The number of benzene rings is 2. The second-order valence-corrected chi connectivity index (χ2v) is 9.98. The van der Waals surface area contributed by atoms with Gasteiger partial charge in [0.05, 0.1) is 12.1 Å². The Hall–Kier alpha value is -4.86. The summed E-state index contributed by atoms with van der Waals surface area (Å²) in [6.07, 6.45) is 1.48. The molecule has 0 bridgehead atoms. The number of anilines is 1. The Bertz CT molecular complexity index is 1400. The summed E-state index contributed by atoms with van der Waals surface area (Å²) in [5, 5.41) is 5.97. The fourth-order valence-corrected chi connectivity index (χ4v) is 4.88. The highest BCUT2D eigenvalue weighted by Gasteiger charge is 2.57. The number of likely N-dealkylation sites (tertiary alicyclic amines) is 1. The number of alkyl halides is 2. The van der Waals surface area contributed by atoms with Gasteiger partial charge in [0.25, 0.3) is 11.8 Å². The Morgan fingerprint density at radius 3 is 2.27 bits per heavy atom. The molecule has 6 N–H and O–H groups in total. The molecule has 2 saturated heterocycles. The van der Waals surface area contributed by atoms with Gasteiger partial charge < -0.3 is 20.7 Å². The highest BCUT2D eigenvalue weighted by molar-refractivity contribution is 6.17. The van der Waals surface area contributed by atoms with Crippen molar-refractivity contribution in [3.63, 3.8) is 0 Å². The van der Waals surface area contributed by atoms with Gasteiger partial charge in [0, 0.05) is 31.4 Å². The first kappa shape index (κ1) is 33.6. The van der Waals surface area contributed by atoms with Crippen LogP contribution in [-0.4, -0.2) is 78.2 Å². The topological polar surface area (TPSA) is 176 Å². The number of rotatable bonds is 8. The van der Waals surface area contributed by atoms with E-state index in [0.717, 1.165) is 23.1 Å². The van der Waals surface area contributed by atoms with Gasteiger partial charge in [-0.25, -0.2) is 20.6 Å². The molecule has 4 rings (SSSR count). The molecule has 16 heteroatoms. The predicted molar refractivity (Wildman–Crippen MR) is 155 cm³/mol. The van der Waals surface area contributed by atoms with Crippen LogP contribution in [0, 0.1) is 5.82 Å². The Kier molecular flexibility index (Phi) is 11.1. The molecule has 0 saturated carbocycles. The van der Waals surface area contributed by atoms with Crippen molar-refractivity contribution in [2.75, 3.05) is 31.6 Å². The van der Waals surface area contributed by atoms with Crippen molar-refractivity contribution in [2.24, 2.45) is 16.7 Å². The fourth-order valence-electron chi connectivity index (χ4n) is 4.88. The van der Waals surface area contributed by atoms with E-state index in [0.29, 0.717) is 11.3 Å². The summed E-state index contributed by atoms with van der Waals surface area (Å²) in [5.74, 6) is 1.95. The van der Waals surface area contributed by atoms with Crippen LogP contribution >= 0.6 is 0 Å². The van der Waals surface area contributed by atoms with Crippen LogP contribution in [0.3, 0.4) is 0 Å². The average Bonchev–Trinajstić information content (AvgIpc) is 3.17. The number of nitrogens with zero attached hydrogens (tertiary/aromatic N) is 4. The van der Waals surface area contributed by atoms with Crippen LogP contribution in [-0.2, 0) is 9.59 Å². The van der Waals surface area contributed by atoms with E-state index >= 15 is 0 Å². The van der Waals surface area contributed by atoms with Crippen LogP contribution in [0.25, 0.3) is 0 Å². The molecule has 2 aromatic rings. The number of ether oxygens (including phenoxy) is 1. The molecule has 2 heterocycles. The summed E-state index contributed by atoms with van der Waals surface area (Å²) < 4.78 is 43.2. The van der Waals surface area contributed by atoms with Crippen molar-refractivity contribution in [1.82, 2.24) is 20.7 Å². The molecular weight excluding hydrogens is 585 g/mol. The summed E-state index contributed by atoms with van der Waals surface area (Å²) in [6.45, 7) is 0.752. The third-order valence-electron chi connectivity index (χ3n) is 6.97. The summed E-state index contributed by atoms with van der Waals surface area (Å²) >= 11 is 0. The minimum Gasteiger partial charge on any atom is -0.435 e. The van der Waals surface area contributed by atoms with E-state index < -0.39 is 59.6 Å². The maximum Gasteiger partial charge on any atom is 0.387 e. The van der Waals surface area contributed by atoms with Gasteiger partial charge in [0.1, 0.15) is 17.1 Å². The third-order valence-corrected chi connectivity index (χ3v) is 6.97. The van der Waals surface area contributed by atoms with Crippen LogP contribution in [0.1, 0.15) is 49.0 Å². The second kappa shape index (κ2) is 14.5. The number of likely N-dealkylation sites (N-methyl/N-ethyl adjacent to an activating group) is 1. The lowest BCUT2D eigenvalue weighted by Crippen LogP contribution is -2.58. The van der Waals surface area contributed by atoms with Gasteiger partial charge in [-0.1, -0.05) is 20.3 Å². The van der Waals surface area contributed by atoms with Crippen molar-refractivity contribution >= 4 is 35.3 Å². The molecule has 13 nitrogen and oxygen atoms in total. The maximum absolute atomic E-state index is 14.1. The first-order valence-electron chi connectivity index (χ1n) is 13.7. The molecule has 0 aliphatic carbocycles. The molecule has 0 unspecified atom stereocenters. The largest absolute Gasteiger partial charge is 0.435 e. The number of halogens is 3. The van der Waals surface area contributed by atoms with E-state index in [-0.39, 0.29) is 31.8 Å². The number of amides is 5. The predicted octanol–water partition coefficient (Wildman–Crippen LogP) is 2.12. The number of hydrogen-bond acceptors (Lipinski definition) is 8. The van der Waals surface area contributed by atoms with Gasteiger partial charge in [0.2, 0.25) is 5.91 Å². The first-order valence-corrected chi connectivity index (χ1v) is 13.7. The van der Waals surface area contributed by atoms with E-state index in [1.165, 1.54) is 23.3 Å². The van der Waals surface area contributed by atoms with E-state index in [1.807, 2.05) is 0 Å². The van der Waals surface area contributed by atoms with Crippen LogP contribution in [0.15, 0.2) is 47.6 Å². The fraction of sp³-hybridized carbons (Fsp3) is 0.393. The second-order valence-electron chi connectivity index (χ2n) is 9.98. The molecule has 44 heavy (non-hydrogen) atoms. The number of carbonyl (C=O) groups excluding carboxylic acids is 4. The Morgan fingerprint density at radius 1 is 1.09 bits per heavy atom. The van der Waals surface area contributed by atoms with E-state index in [1.54, 1.807) is 24.3 Å². The highest BCUT2D eigenvalue weighted by Crippen LogP contribution is 2.40. The van der Waals surface area contributed by atoms with Crippen molar-refractivity contribution in [3.8, 4) is 5.75 Å². The molecule has 1 spiro atoms. The maximum atomic E-state index is 14.1. The van der Waals surface area contributed by atoms with Crippen LogP contribution in [0.4, 0.5) is 23.7 Å². The quantitative estimate of drug-likeness (QED) is 0.114. The van der Waals surface area contributed by atoms with Gasteiger partial charge in [-0.3, -0.25) is 24.2 Å². The van der Waals surface area contributed by atoms with Gasteiger partial charge in [0.15, 0.2) is 5.84 Å². The molecule has 5 amide bonds. The number of hydrazine groups is 1. The number of hydrazone groups is 1. The van der Waals surface area contributed by atoms with E-state index in [2.05, 4.69) is 34.5 Å². The molecule has 238 valence electrons. The third kappa shape index (κ3) is 7.19. The lowest BCUT2D eigenvalue weighted by atomic mass is 9.85. The molecule has 2 aliphatic heterocycles. The molecule has 2 fully saturated rings. The van der Waals surface area contributed by atoms with Gasteiger partial charge in [-0.15, -0.1) is 5.10 Å². The summed E-state index contributed by atoms with van der Waals surface area (Å²) in [5.41, 5.74) is 7.08. The number of carbonyl (C=O) groups is 4. The summed E-state index contributed by atoms with van der Waals surface area (Å²) in [4.78, 5) is 55.5. The number of piperidine rings is 1. The van der Waals surface area contributed by atoms with Crippen molar-refractivity contribution in [3.05, 3.63) is 59.4 Å². The molecule has 0 atom stereocenters. The first-order chi connectivity index (χ1) is 20.9. The average molecular weight is 621 g/mol. The number of amidine groups is 1. The molecule has 0 aromatic heterocycles. The SMILES string of the molecule is CCC.CN1C(=O)N(c2ccc(/C(N)=N/NN)cc2)C2(CCN(C(=O)CNC(=O)c3cc(OC(F)F)ccc3F)CC2)C1=O. The lowest BCUT2D eigenvalue weighted by molar-refractivity contribution is -0.136. The van der Waals surface area contributed by atoms with Crippen LogP contribution in [0.2, 0.25) is 0 Å². The number of urea groups is 1. The Labute approximate surface area is 251 Å². The zero-order valence-corrected chi connectivity index (χ0v) is 24.5. The summed E-state index contributed by atoms with van der Waals surface area (Å²) in [7, 11) is 1.38. The standard InChI is InChI=1S/C25H27F3N8O5.C3H8/c1-34-22(39)25(36(24(34)40)15-4-2-14(3-5-15)20(29)32-33-30)8-10-35(11-9-25)19(37)13-31-21(38)17-12-16(41-23(27)28)6-7-18(17)26;1-3-2/h2-7,12,23,33H,8-11,13,30H2,1H3,(H2,29,32)(H,31,38);3H2,1-2H3. The number of imide groups is 1. The monoisotopic (exact) mass is 620 g/mol. The van der Waals surface area contributed by atoms with Crippen molar-refractivity contribution in [1.29, 1.82) is 0 Å². The number of nitrogens with one attached hydrogen (secondary N) is 2. The highest BCUT2D eigenvalue weighted by atomic mass is 19.3. The number of nitrogens with two attached hydrogens (primary N) is 2. The molecular formula is C28H35F3N8O5. The van der Waals surface area contributed by atoms with Gasteiger partial charge >= 0.3 is 12.6 Å². The van der Waals surface area contributed by atoms with E-state index in [4.69, 9.17) is 11.6 Å². The molecule has 2 aromatic carbocycles. The van der Waals surface area contributed by atoms with Crippen LogP contribution < -0.4 is 32.1 Å². The smallest absolute Gasteiger partial charge is 0.387 e. The Balaban J connectivity index is 0.00000169. The lowest BCUT2D eigenvalue weighted by Gasteiger charge is -2.42. The van der Waals surface area contributed by atoms with Crippen LogP contribution in [0.5, 0.6) is 5.75 Å². The molecule has 2 aliphatic rings. The minimum absolute atomic E-state index is 0.0873. The minimum atomic E-state index is -3.16. The normalized spacial score (nSPS) is 16.2. The zero-order valence-electron chi connectivity index (χ0n) is 24.5. The Morgan fingerprint density at radius 2 is 1.70 bits per heavy atom. The van der Waals surface area contributed by atoms with Crippen molar-refractivity contribution in [2.45, 2.75) is 45.3 Å². The summed E-state index contributed by atoms with van der Waals surface area (Å²) in [6, 6.07) is 8.50. The van der Waals surface area contributed by atoms with Gasteiger partial charge in [-0.2, -0.15) is 8.78 Å². The van der Waals surface area contributed by atoms with Crippen molar-refractivity contribution < 1.29 is 37.1 Å². The zero-order chi connectivity index (χ0) is 32.6. The van der Waals surface area contributed by atoms with Gasteiger partial charge in [-0.05, 0) is 55.3 Å².